The van der Waals surface area contributed by atoms with Crippen LogP contribution >= 0.6 is 0 Å². The van der Waals surface area contributed by atoms with E-state index < -0.39 is 9.84 Å². The smallest absolute Gasteiger partial charge is 0.223 e. The second kappa shape index (κ2) is 8.67. The van der Waals surface area contributed by atoms with E-state index in [0.717, 1.165) is 16.6 Å². The third-order valence-corrected chi connectivity index (χ3v) is 6.75. The van der Waals surface area contributed by atoms with E-state index in [2.05, 4.69) is 25.1 Å². The fraction of sp³-hybridized carbons (Fsp3) is 0.174. The standard InChI is InChI=1S/C23H20N6O4S/c1-3-34(30,31)21-8-7-16(13-25-21)32-17-10-15(11-20-26-14(2)33-29-20)22-19(12-17)27-23(28-22)18-6-4-5-9-24-18/h4-10,12-13H,3,11H2,1-2H3,(H,27,28). The molecule has 0 amide bonds. The molecule has 1 N–H and O–H groups in total. The Bertz CT molecular complexity index is 1560. The molecule has 0 unspecified atom stereocenters. The zero-order chi connectivity index (χ0) is 23.7. The molecule has 0 aliphatic carbocycles. The largest absolute Gasteiger partial charge is 0.456 e. The highest BCUT2D eigenvalue weighted by molar-refractivity contribution is 7.91. The second-order valence-electron chi connectivity index (χ2n) is 7.52. The van der Waals surface area contributed by atoms with Crippen LogP contribution in [0.1, 0.15) is 24.2 Å². The van der Waals surface area contributed by atoms with E-state index in [-0.39, 0.29) is 10.8 Å². The Labute approximate surface area is 195 Å². The van der Waals surface area contributed by atoms with Gasteiger partial charge in [-0.15, -0.1) is 0 Å². The van der Waals surface area contributed by atoms with Gasteiger partial charge in [-0.1, -0.05) is 18.1 Å². The van der Waals surface area contributed by atoms with Gasteiger partial charge in [0.15, 0.2) is 26.5 Å². The molecule has 0 spiro atoms. The summed E-state index contributed by atoms with van der Waals surface area (Å²) in [5.74, 6) is 2.52. The van der Waals surface area contributed by atoms with Gasteiger partial charge >= 0.3 is 0 Å². The van der Waals surface area contributed by atoms with E-state index in [0.29, 0.717) is 41.2 Å². The van der Waals surface area contributed by atoms with E-state index in [1.807, 2.05) is 30.3 Å². The molecule has 10 nitrogen and oxygen atoms in total. The minimum absolute atomic E-state index is 0.0135. The first kappa shape index (κ1) is 21.7. The fourth-order valence-electron chi connectivity index (χ4n) is 3.46. The minimum atomic E-state index is -3.39. The number of hydrogen-bond donors (Lipinski definition) is 1. The van der Waals surface area contributed by atoms with E-state index in [1.165, 1.54) is 12.3 Å². The van der Waals surface area contributed by atoms with Crippen molar-refractivity contribution in [2.24, 2.45) is 0 Å². The Morgan fingerprint density at radius 1 is 1.06 bits per heavy atom. The Morgan fingerprint density at radius 2 is 1.94 bits per heavy atom. The molecule has 11 heteroatoms. The molecule has 172 valence electrons. The summed E-state index contributed by atoms with van der Waals surface area (Å²) in [4.78, 5) is 20.7. The molecule has 0 radical (unpaired) electrons. The van der Waals surface area contributed by atoms with Gasteiger partial charge in [-0.05, 0) is 35.9 Å². The van der Waals surface area contributed by atoms with Crippen LogP contribution in [0.2, 0.25) is 0 Å². The third-order valence-electron chi connectivity index (χ3n) is 5.11. The van der Waals surface area contributed by atoms with Crippen molar-refractivity contribution in [1.82, 2.24) is 30.1 Å². The first-order valence-electron chi connectivity index (χ1n) is 10.5. The summed E-state index contributed by atoms with van der Waals surface area (Å²) in [6, 6.07) is 12.3. The molecule has 5 rings (SSSR count). The predicted molar refractivity (Wildman–Crippen MR) is 123 cm³/mol. The minimum Gasteiger partial charge on any atom is -0.456 e. The number of benzene rings is 1. The molecule has 0 saturated heterocycles. The quantitative estimate of drug-likeness (QED) is 0.371. The van der Waals surface area contributed by atoms with Crippen LogP contribution in [0.25, 0.3) is 22.6 Å². The fourth-order valence-corrected chi connectivity index (χ4v) is 4.24. The lowest BCUT2D eigenvalue weighted by Gasteiger charge is -2.08. The highest BCUT2D eigenvalue weighted by Gasteiger charge is 2.16. The van der Waals surface area contributed by atoms with Crippen molar-refractivity contribution in [3.63, 3.8) is 0 Å². The van der Waals surface area contributed by atoms with E-state index >= 15 is 0 Å². The Morgan fingerprint density at radius 3 is 2.62 bits per heavy atom. The summed E-state index contributed by atoms with van der Waals surface area (Å²) in [7, 11) is -3.39. The number of imidazole rings is 1. The number of pyridine rings is 2. The normalized spacial score (nSPS) is 11.7. The molecule has 5 aromatic rings. The number of ether oxygens (including phenoxy) is 1. The third kappa shape index (κ3) is 4.37. The maximum absolute atomic E-state index is 12.0. The molecule has 0 saturated carbocycles. The molecule has 34 heavy (non-hydrogen) atoms. The van der Waals surface area contributed by atoms with Crippen LogP contribution in [0.3, 0.4) is 0 Å². The predicted octanol–water partition coefficient (Wildman–Crippen LogP) is 3.89. The number of fused-ring (bicyclic) bond motifs is 1. The second-order valence-corrected chi connectivity index (χ2v) is 9.75. The number of aryl methyl sites for hydroxylation is 1. The first-order chi connectivity index (χ1) is 16.4. The number of aromatic amines is 1. The van der Waals surface area contributed by atoms with Gasteiger partial charge in [0, 0.05) is 25.6 Å². The average molecular weight is 477 g/mol. The molecule has 1 aromatic carbocycles. The number of rotatable bonds is 7. The molecular formula is C23H20N6O4S. The maximum Gasteiger partial charge on any atom is 0.223 e. The van der Waals surface area contributed by atoms with Crippen molar-refractivity contribution in [3.05, 3.63) is 72.1 Å². The molecule has 0 atom stereocenters. The lowest BCUT2D eigenvalue weighted by molar-refractivity contribution is 0.388. The van der Waals surface area contributed by atoms with Crippen LogP contribution in [0.4, 0.5) is 0 Å². The molecule has 0 aliphatic heterocycles. The van der Waals surface area contributed by atoms with Crippen molar-refractivity contribution in [1.29, 1.82) is 0 Å². The summed E-state index contributed by atoms with van der Waals surface area (Å²) >= 11 is 0. The maximum atomic E-state index is 12.0. The van der Waals surface area contributed by atoms with E-state index in [4.69, 9.17) is 14.2 Å². The van der Waals surface area contributed by atoms with Gasteiger partial charge < -0.3 is 14.2 Å². The van der Waals surface area contributed by atoms with Crippen molar-refractivity contribution in [3.8, 4) is 23.0 Å². The number of aromatic nitrogens is 6. The summed E-state index contributed by atoms with van der Waals surface area (Å²) in [6.07, 6.45) is 3.47. The Kier molecular flexibility index (Phi) is 5.54. The van der Waals surface area contributed by atoms with Crippen LogP contribution in [0.15, 0.2) is 64.4 Å². The molecule has 0 aliphatic rings. The highest BCUT2D eigenvalue weighted by Crippen LogP contribution is 2.30. The molecule has 4 aromatic heterocycles. The van der Waals surface area contributed by atoms with Gasteiger partial charge in [0.05, 0.1) is 23.0 Å². The van der Waals surface area contributed by atoms with Gasteiger partial charge in [0.2, 0.25) is 5.89 Å². The lowest BCUT2D eigenvalue weighted by atomic mass is 10.1. The summed E-state index contributed by atoms with van der Waals surface area (Å²) < 4.78 is 35.1. The Hall–Kier alpha value is -4.12. The molecule has 0 bridgehead atoms. The average Bonchev–Trinajstić information content (AvgIpc) is 3.46. The van der Waals surface area contributed by atoms with Crippen LogP contribution in [-0.4, -0.2) is 44.2 Å². The topological polar surface area (TPSA) is 137 Å². The highest BCUT2D eigenvalue weighted by atomic mass is 32.2. The van der Waals surface area contributed by atoms with Gasteiger partial charge in [-0.3, -0.25) is 4.98 Å². The van der Waals surface area contributed by atoms with Crippen LogP contribution in [0, 0.1) is 6.92 Å². The zero-order valence-electron chi connectivity index (χ0n) is 18.4. The van der Waals surface area contributed by atoms with Crippen LogP contribution in [0.5, 0.6) is 11.5 Å². The number of nitrogens with zero attached hydrogens (tertiary/aromatic N) is 5. The van der Waals surface area contributed by atoms with Crippen LogP contribution in [-0.2, 0) is 16.3 Å². The van der Waals surface area contributed by atoms with Gasteiger partial charge in [-0.25, -0.2) is 18.4 Å². The van der Waals surface area contributed by atoms with Gasteiger partial charge in [0.1, 0.15) is 17.2 Å². The number of H-pyrrole nitrogens is 1. The zero-order valence-corrected chi connectivity index (χ0v) is 19.2. The SMILES string of the molecule is CCS(=O)(=O)c1ccc(Oc2cc(Cc3noc(C)n3)c3nc(-c4ccccn4)[nH]c3c2)cn1. The van der Waals surface area contributed by atoms with E-state index in [9.17, 15) is 8.42 Å². The molecule has 4 heterocycles. The summed E-state index contributed by atoms with van der Waals surface area (Å²) in [5, 5.41) is 4.01. The number of hydrogen-bond acceptors (Lipinski definition) is 9. The van der Waals surface area contributed by atoms with Crippen molar-refractivity contribution in [2.75, 3.05) is 5.75 Å². The number of nitrogens with one attached hydrogen (secondary N) is 1. The summed E-state index contributed by atoms with van der Waals surface area (Å²) in [5.41, 5.74) is 3.01. The number of sulfone groups is 1. The van der Waals surface area contributed by atoms with Crippen molar-refractivity contribution >= 4 is 20.9 Å². The lowest BCUT2D eigenvalue weighted by Crippen LogP contribution is -2.05. The van der Waals surface area contributed by atoms with Gasteiger partial charge in [0.25, 0.3) is 0 Å². The molecular weight excluding hydrogens is 456 g/mol. The molecule has 0 fully saturated rings. The monoisotopic (exact) mass is 476 g/mol. The van der Waals surface area contributed by atoms with Gasteiger partial charge in [-0.2, -0.15) is 4.98 Å². The first-order valence-corrected chi connectivity index (χ1v) is 12.2. The summed E-state index contributed by atoms with van der Waals surface area (Å²) in [6.45, 7) is 3.31. The van der Waals surface area contributed by atoms with Crippen LogP contribution < -0.4 is 4.74 Å². The van der Waals surface area contributed by atoms with Crippen molar-refractivity contribution in [2.45, 2.75) is 25.3 Å². The van der Waals surface area contributed by atoms with Crippen molar-refractivity contribution < 1.29 is 17.7 Å². The Balaban J connectivity index is 1.53. The van der Waals surface area contributed by atoms with E-state index in [1.54, 1.807) is 26.1 Å².